The van der Waals surface area contributed by atoms with Gasteiger partial charge in [-0.05, 0) is 24.1 Å². The first-order valence-corrected chi connectivity index (χ1v) is 10.7. The van der Waals surface area contributed by atoms with E-state index in [9.17, 15) is 24.3 Å². The van der Waals surface area contributed by atoms with E-state index in [1.165, 1.54) is 0 Å². The number of carboxylic acid groups (broad SMARTS) is 1. The highest BCUT2D eigenvalue weighted by Gasteiger charge is 2.30. The summed E-state index contributed by atoms with van der Waals surface area (Å²) in [6, 6.07) is 14.4. The first kappa shape index (κ1) is 25.5. The molecule has 2 aromatic carbocycles. The smallest absolute Gasteiger partial charge is 0.338 e. The normalized spacial score (nSPS) is 13.3. The second-order valence-corrected chi connectivity index (χ2v) is 7.60. The maximum Gasteiger partial charge on any atom is 0.338 e. The van der Waals surface area contributed by atoms with Crippen molar-refractivity contribution in [1.29, 1.82) is 0 Å². The highest BCUT2D eigenvalue weighted by atomic mass is 16.5. The zero-order valence-electron chi connectivity index (χ0n) is 18.5. The zero-order chi connectivity index (χ0) is 24.2. The Morgan fingerprint density at radius 3 is 2.06 bits per heavy atom. The SMILES string of the molecule is CCC[C@H](NC(=O)[C@H](COC(=O)c1ccccc1)NC(=O)[C@@H]([NH3+])Cc1ccccc1)C(=O)O. The van der Waals surface area contributed by atoms with Gasteiger partial charge in [0.2, 0.25) is 5.91 Å². The van der Waals surface area contributed by atoms with Crippen molar-refractivity contribution in [2.75, 3.05) is 6.61 Å². The average molecular weight is 457 g/mol. The fraction of sp³-hybridized carbons (Fsp3) is 0.333. The summed E-state index contributed by atoms with van der Waals surface area (Å²) >= 11 is 0. The van der Waals surface area contributed by atoms with Crippen LogP contribution in [0.1, 0.15) is 35.7 Å². The van der Waals surface area contributed by atoms with Crippen molar-refractivity contribution in [3.8, 4) is 0 Å². The van der Waals surface area contributed by atoms with Crippen LogP contribution in [0.4, 0.5) is 0 Å². The molecule has 0 aliphatic carbocycles. The van der Waals surface area contributed by atoms with E-state index in [0.717, 1.165) is 5.56 Å². The van der Waals surface area contributed by atoms with E-state index in [-0.39, 0.29) is 12.0 Å². The van der Waals surface area contributed by atoms with Crippen molar-refractivity contribution in [2.24, 2.45) is 0 Å². The van der Waals surface area contributed by atoms with Gasteiger partial charge in [-0.25, -0.2) is 9.59 Å². The van der Waals surface area contributed by atoms with Gasteiger partial charge in [0.05, 0.1) is 5.56 Å². The van der Waals surface area contributed by atoms with E-state index in [2.05, 4.69) is 16.4 Å². The Balaban J connectivity index is 2.09. The van der Waals surface area contributed by atoms with E-state index in [0.29, 0.717) is 12.8 Å². The van der Waals surface area contributed by atoms with Crippen molar-refractivity contribution in [2.45, 2.75) is 44.3 Å². The van der Waals surface area contributed by atoms with Crippen LogP contribution in [0.2, 0.25) is 0 Å². The molecule has 0 aromatic heterocycles. The minimum absolute atomic E-state index is 0.220. The minimum Gasteiger partial charge on any atom is -0.480 e. The van der Waals surface area contributed by atoms with Crippen molar-refractivity contribution >= 4 is 23.8 Å². The summed E-state index contributed by atoms with van der Waals surface area (Å²) in [4.78, 5) is 49.2. The van der Waals surface area contributed by atoms with Gasteiger partial charge in [0.1, 0.15) is 18.7 Å². The first-order chi connectivity index (χ1) is 15.8. The number of hydrogen-bond acceptors (Lipinski definition) is 5. The lowest BCUT2D eigenvalue weighted by atomic mass is 10.1. The topological polar surface area (TPSA) is 149 Å². The maximum absolute atomic E-state index is 12.8. The van der Waals surface area contributed by atoms with Gasteiger partial charge in [0, 0.05) is 6.42 Å². The molecule has 0 heterocycles. The number of esters is 1. The van der Waals surface area contributed by atoms with Crippen LogP contribution in [0.3, 0.4) is 0 Å². The lowest BCUT2D eigenvalue weighted by Gasteiger charge is -2.22. The number of carbonyl (C=O) groups excluding carboxylic acids is 3. The molecule has 0 saturated heterocycles. The fourth-order valence-corrected chi connectivity index (χ4v) is 3.10. The summed E-state index contributed by atoms with van der Waals surface area (Å²) in [6.45, 7) is 1.34. The molecule has 0 aliphatic rings. The van der Waals surface area contributed by atoms with Crippen molar-refractivity contribution in [3.05, 3.63) is 71.8 Å². The molecule has 0 saturated carbocycles. The second kappa shape index (κ2) is 13.0. The van der Waals surface area contributed by atoms with E-state index in [1.807, 2.05) is 30.3 Å². The molecule has 3 atom stereocenters. The van der Waals surface area contributed by atoms with Crippen LogP contribution in [0, 0.1) is 0 Å². The van der Waals surface area contributed by atoms with E-state index < -0.39 is 48.5 Å². The number of amides is 2. The van der Waals surface area contributed by atoms with E-state index >= 15 is 0 Å². The molecule has 2 aromatic rings. The lowest BCUT2D eigenvalue weighted by molar-refractivity contribution is -0.403. The van der Waals surface area contributed by atoms with Crippen LogP contribution in [0.25, 0.3) is 0 Å². The van der Waals surface area contributed by atoms with Gasteiger partial charge in [-0.15, -0.1) is 0 Å². The predicted molar refractivity (Wildman–Crippen MR) is 120 cm³/mol. The number of rotatable bonds is 12. The third kappa shape index (κ3) is 8.38. The molecule has 33 heavy (non-hydrogen) atoms. The van der Waals surface area contributed by atoms with Crippen LogP contribution in [-0.2, 0) is 25.5 Å². The van der Waals surface area contributed by atoms with Crippen molar-refractivity contribution in [3.63, 3.8) is 0 Å². The summed E-state index contributed by atoms with van der Waals surface area (Å²) in [5, 5.41) is 14.3. The standard InChI is InChI=1S/C24H29N3O6/c1-2-9-19(23(30)31)26-22(29)20(15-33-24(32)17-12-7-4-8-13-17)27-21(28)18(25)14-16-10-5-3-6-11-16/h3-8,10-13,18-20H,2,9,14-15,25H2,1H3,(H,26,29)(H,27,28)(H,30,31)/p+1/t18-,19-,20-/m0/s1. The van der Waals surface area contributed by atoms with Crippen LogP contribution in [0.5, 0.6) is 0 Å². The molecule has 2 rings (SSSR count). The number of carboxylic acids is 1. The Bertz CT molecular complexity index is 936. The number of nitrogens with one attached hydrogen (secondary N) is 2. The molecule has 0 fully saturated rings. The van der Waals surface area contributed by atoms with Crippen LogP contribution >= 0.6 is 0 Å². The molecule has 0 radical (unpaired) electrons. The zero-order valence-corrected chi connectivity index (χ0v) is 18.5. The van der Waals surface area contributed by atoms with Crippen molar-refractivity contribution < 1.29 is 34.8 Å². The van der Waals surface area contributed by atoms with Crippen LogP contribution in [0.15, 0.2) is 60.7 Å². The quantitative estimate of drug-likeness (QED) is 0.343. The Morgan fingerprint density at radius 1 is 0.909 bits per heavy atom. The third-order valence-corrected chi connectivity index (χ3v) is 4.91. The van der Waals surface area contributed by atoms with Gasteiger partial charge in [-0.1, -0.05) is 61.9 Å². The predicted octanol–water partition coefficient (Wildman–Crippen LogP) is 0.551. The Hall–Kier alpha value is -3.72. The Morgan fingerprint density at radius 2 is 1.48 bits per heavy atom. The van der Waals surface area contributed by atoms with Crippen molar-refractivity contribution in [1.82, 2.24) is 10.6 Å². The number of aliphatic carboxylic acids is 1. The summed E-state index contributed by atoms with van der Waals surface area (Å²) in [5.74, 6) is -3.12. The summed E-state index contributed by atoms with van der Waals surface area (Å²) in [5.41, 5.74) is 5.05. The maximum atomic E-state index is 12.8. The molecule has 2 amide bonds. The molecule has 0 aliphatic heterocycles. The van der Waals surface area contributed by atoms with Gasteiger partial charge in [0.25, 0.3) is 5.91 Å². The molecular weight excluding hydrogens is 426 g/mol. The Labute approximate surface area is 192 Å². The van der Waals surface area contributed by atoms with Gasteiger partial charge in [-0.3, -0.25) is 9.59 Å². The van der Waals surface area contributed by atoms with Gasteiger partial charge in [0.15, 0.2) is 6.04 Å². The molecule has 0 spiro atoms. The minimum atomic E-state index is -1.27. The number of quaternary nitrogens is 1. The molecule has 176 valence electrons. The highest BCUT2D eigenvalue weighted by Crippen LogP contribution is 2.05. The average Bonchev–Trinajstić information content (AvgIpc) is 2.82. The molecule has 9 heteroatoms. The largest absolute Gasteiger partial charge is 0.480 e. The summed E-state index contributed by atoms with van der Waals surface area (Å²) in [6.07, 6.45) is 1.10. The summed E-state index contributed by atoms with van der Waals surface area (Å²) in [7, 11) is 0. The molecule has 6 N–H and O–H groups in total. The summed E-state index contributed by atoms with van der Waals surface area (Å²) < 4.78 is 5.23. The highest BCUT2D eigenvalue weighted by molar-refractivity contribution is 5.93. The molecule has 0 bridgehead atoms. The number of ether oxygens (including phenoxy) is 1. The van der Waals surface area contributed by atoms with Crippen LogP contribution in [-0.4, -0.2) is 53.6 Å². The fourth-order valence-electron chi connectivity index (χ4n) is 3.10. The lowest BCUT2D eigenvalue weighted by Crippen LogP contribution is -2.70. The third-order valence-electron chi connectivity index (χ3n) is 4.91. The number of hydrogen-bond donors (Lipinski definition) is 4. The monoisotopic (exact) mass is 456 g/mol. The van der Waals surface area contributed by atoms with Gasteiger partial charge >= 0.3 is 11.9 Å². The first-order valence-electron chi connectivity index (χ1n) is 10.7. The number of benzene rings is 2. The van der Waals surface area contributed by atoms with Crippen LogP contribution < -0.4 is 16.4 Å². The number of carbonyl (C=O) groups is 4. The van der Waals surface area contributed by atoms with Gasteiger partial charge in [-0.2, -0.15) is 0 Å². The molecule has 9 nitrogen and oxygen atoms in total. The van der Waals surface area contributed by atoms with Gasteiger partial charge < -0.3 is 26.2 Å². The Kier molecular flexibility index (Phi) is 10.0. The second-order valence-electron chi connectivity index (χ2n) is 7.60. The molecule has 0 unspecified atom stereocenters. The van der Waals surface area contributed by atoms with E-state index in [4.69, 9.17) is 4.74 Å². The molecular formula is C24H30N3O6+. The van der Waals surface area contributed by atoms with E-state index in [1.54, 1.807) is 37.3 Å².